The van der Waals surface area contributed by atoms with E-state index in [0.29, 0.717) is 32.3 Å². The molecule has 44 heavy (non-hydrogen) atoms. The fourth-order valence-electron chi connectivity index (χ4n) is 3.88. The molecule has 2 heterocycles. The van der Waals surface area contributed by atoms with Gasteiger partial charge < -0.3 is 19.9 Å². The second-order valence-corrected chi connectivity index (χ2v) is 14.3. The predicted octanol–water partition coefficient (Wildman–Crippen LogP) is 5.27. The molecule has 0 fully saturated rings. The molecule has 0 aliphatic rings. The molecule has 0 aliphatic carbocycles. The maximum absolute atomic E-state index is 12.4. The number of nitro benzene ring substituents is 1. The molecule has 234 valence electrons. The lowest BCUT2D eigenvalue weighted by molar-refractivity contribution is -0.384. The summed E-state index contributed by atoms with van der Waals surface area (Å²) in [4.78, 5) is 18.8. The van der Waals surface area contributed by atoms with Crippen LogP contribution in [-0.2, 0) is 26.7 Å². The molecule has 0 bridgehead atoms. The first-order valence-corrected chi connectivity index (χ1v) is 16.7. The molecular weight excluding hydrogens is 650 g/mol. The second kappa shape index (κ2) is 11.9. The molecule has 3 aromatic carbocycles. The van der Waals surface area contributed by atoms with Gasteiger partial charge in [0.1, 0.15) is 11.4 Å². The summed E-state index contributed by atoms with van der Waals surface area (Å²) < 4.78 is 89.1. The fraction of sp³-hybridized carbons (Fsp3) is 0.200. The summed E-state index contributed by atoms with van der Waals surface area (Å²) in [5, 5.41) is 16.7. The van der Waals surface area contributed by atoms with Gasteiger partial charge in [-0.1, -0.05) is 11.3 Å². The third-order valence-corrected chi connectivity index (χ3v) is 9.11. The van der Waals surface area contributed by atoms with E-state index in [2.05, 4.69) is 25.3 Å². The lowest BCUT2D eigenvalue weighted by atomic mass is 10.3. The average Bonchev–Trinajstić information content (AvgIpc) is 3.45. The number of fused-ring (bicyclic) bond motifs is 2. The van der Waals surface area contributed by atoms with Crippen LogP contribution in [0.5, 0.6) is 5.75 Å². The number of thiazole rings is 1. The van der Waals surface area contributed by atoms with E-state index in [1.807, 2.05) is 0 Å². The van der Waals surface area contributed by atoms with Crippen molar-refractivity contribution < 1.29 is 39.7 Å². The molecule has 0 saturated heterocycles. The van der Waals surface area contributed by atoms with Gasteiger partial charge in [0.25, 0.3) is 5.69 Å². The van der Waals surface area contributed by atoms with Crippen LogP contribution in [0.3, 0.4) is 0 Å². The number of benzene rings is 3. The summed E-state index contributed by atoms with van der Waals surface area (Å²) in [7, 11) is -3.50. The zero-order chi connectivity index (χ0) is 32.6. The van der Waals surface area contributed by atoms with Gasteiger partial charge >= 0.3 is 6.36 Å². The molecule has 0 radical (unpaired) electrons. The van der Waals surface area contributed by atoms with E-state index in [1.165, 1.54) is 49.5 Å². The molecule has 19 heteroatoms. The standard InChI is InChI=1S/C17H13F3N4O3S2.C8H10N2O4S/c1-24-13-6-4-10(29(2,25)26)8-12(13)21-15(24)23-16-22-11-5-3-9(7-14(11)28-16)27-17(18,19)20;1-9-7-4-3-6(15(2,13)14)5-8(7)10(11)12/h3-8H,1-2H3,(H,21,22,23);3-5,9H,1-2H3. The van der Waals surface area contributed by atoms with Gasteiger partial charge in [0.2, 0.25) is 5.95 Å². The highest BCUT2D eigenvalue weighted by molar-refractivity contribution is 7.91. The van der Waals surface area contributed by atoms with Crippen LogP contribution in [0.4, 0.5) is 35.6 Å². The summed E-state index contributed by atoms with van der Waals surface area (Å²) in [6.45, 7) is 0. The zero-order valence-electron chi connectivity index (χ0n) is 23.2. The van der Waals surface area contributed by atoms with Gasteiger partial charge in [-0.05, 0) is 42.5 Å². The number of hydrogen-bond donors (Lipinski definition) is 2. The lowest BCUT2D eigenvalue weighted by Gasteiger charge is -2.07. The normalized spacial score (nSPS) is 12.1. The van der Waals surface area contributed by atoms with Gasteiger partial charge in [0.15, 0.2) is 24.8 Å². The number of nitrogens with one attached hydrogen (secondary N) is 2. The number of sulfone groups is 2. The fourth-order valence-corrected chi connectivity index (χ4v) is 6.05. The average molecular weight is 673 g/mol. The molecule has 2 aromatic heterocycles. The van der Waals surface area contributed by atoms with Gasteiger partial charge in [0, 0.05) is 38.7 Å². The number of hydrogen-bond acceptors (Lipinski definition) is 12. The summed E-state index contributed by atoms with van der Waals surface area (Å²) in [6, 6.07) is 12.3. The van der Waals surface area contributed by atoms with Crippen LogP contribution in [0.2, 0.25) is 0 Å². The molecule has 0 spiro atoms. The van der Waals surface area contributed by atoms with Crippen molar-refractivity contribution in [3.63, 3.8) is 0 Å². The van der Waals surface area contributed by atoms with Crippen molar-refractivity contribution in [1.29, 1.82) is 0 Å². The van der Waals surface area contributed by atoms with Crippen LogP contribution >= 0.6 is 11.3 Å². The Kier molecular flexibility index (Phi) is 8.76. The van der Waals surface area contributed by atoms with Gasteiger partial charge in [-0.3, -0.25) is 10.1 Å². The molecule has 5 aromatic rings. The second-order valence-electron chi connectivity index (χ2n) is 9.20. The van der Waals surface area contributed by atoms with Crippen molar-refractivity contribution in [2.75, 3.05) is 30.2 Å². The van der Waals surface area contributed by atoms with Crippen molar-refractivity contribution >= 4 is 74.7 Å². The Morgan fingerprint density at radius 2 is 1.57 bits per heavy atom. The maximum Gasteiger partial charge on any atom is 0.573 e. The van der Waals surface area contributed by atoms with Crippen LogP contribution in [0.1, 0.15) is 0 Å². The highest BCUT2D eigenvalue weighted by Crippen LogP contribution is 2.33. The number of alkyl halides is 3. The third-order valence-electron chi connectivity index (χ3n) is 5.96. The number of nitro groups is 1. The molecular formula is C25H23F3N6O7S3. The zero-order valence-corrected chi connectivity index (χ0v) is 25.7. The Labute approximate surface area is 252 Å². The SMILES string of the molecule is CNc1ccc(S(C)(=O)=O)cc1[N+](=O)[O-].Cn1c(Nc2nc3ccc(OC(F)(F)F)cc3s2)nc2cc(S(C)(=O)=O)ccc21. The number of rotatable bonds is 7. The monoisotopic (exact) mass is 672 g/mol. The Morgan fingerprint density at radius 1 is 0.932 bits per heavy atom. The molecule has 13 nitrogen and oxygen atoms in total. The topological polar surface area (TPSA) is 175 Å². The van der Waals surface area contributed by atoms with E-state index in [0.717, 1.165) is 29.9 Å². The minimum Gasteiger partial charge on any atom is -0.406 e. The van der Waals surface area contributed by atoms with Crippen LogP contribution < -0.4 is 15.4 Å². The first kappa shape index (κ1) is 32.4. The maximum atomic E-state index is 12.4. The summed E-state index contributed by atoms with van der Waals surface area (Å²) in [6.07, 6.45) is -2.64. The number of anilines is 3. The van der Waals surface area contributed by atoms with Crippen molar-refractivity contribution in [3.05, 3.63) is 64.7 Å². The summed E-state index contributed by atoms with van der Waals surface area (Å²) in [5.74, 6) is 0.0905. The number of aromatic nitrogens is 3. The van der Waals surface area contributed by atoms with Crippen LogP contribution in [-0.4, -0.2) is 62.2 Å². The van der Waals surface area contributed by atoms with E-state index in [-0.39, 0.29) is 26.9 Å². The Hall–Kier alpha value is -4.49. The van der Waals surface area contributed by atoms with E-state index in [4.69, 9.17) is 0 Å². The van der Waals surface area contributed by atoms with Crippen molar-refractivity contribution in [1.82, 2.24) is 14.5 Å². The minimum absolute atomic E-state index is 0.0619. The smallest absolute Gasteiger partial charge is 0.406 e. The van der Waals surface area contributed by atoms with E-state index < -0.39 is 31.0 Å². The van der Waals surface area contributed by atoms with Gasteiger partial charge in [-0.2, -0.15) is 0 Å². The van der Waals surface area contributed by atoms with Crippen molar-refractivity contribution in [3.8, 4) is 5.75 Å². The van der Waals surface area contributed by atoms with Crippen molar-refractivity contribution in [2.24, 2.45) is 7.05 Å². The van der Waals surface area contributed by atoms with Crippen LogP contribution in [0, 0.1) is 10.1 Å². The summed E-state index contributed by atoms with van der Waals surface area (Å²) in [5.41, 5.74) is 1.74. The lowest BCUT2D eigenvalue weighted by Crippen LogP contribution is -2.16. The number of ether oxygens (including phenoxy) is 1. The molecule has 0 amide bonds. The molecule has 0 unspecified atom stereocenters. The number of aryl methyl sites for hydroxylation is 1. The van der Waals surface area contributed by atoms with E-state index in [1.54, 1.807) is 17.7 Å². The van der Waals surface area contributed by atoms with Crippen LogP contribution in [0.15, 0.2) is 64.4 Å². The van der Waals surface area contributed by atoms with Gasteiger partial charge in [-0.15, -0.1) is 13.2 Å². The van der Waals surface area contributed by atoms with Crippen LogP contribution in [0.25, 0.3) is 21.3 Å². The first-order chi connectivity index (χ1) is 20.4. The van der Waals surface area contributed by atoms with Gasteiger partial charge in [-0.25, -0.2) is 26.8 Å². The Bertz CT molecular complexity index is 2110. The first-order valence-electron chi connectivity index (χ1n) is 12.1. The Morgan fingerprint density at radius 3 is 2.16 bits per heavy atom. The van der Waals surface area contributed by atoms with Crippen molar-refractivity contribution in [2.45, 2.75) is 16.2 Å². The molecule has 0 atom stereocenters. The highest BCUT2D eigenvalue weighted by atomic mass is 32.2. The molecule has 5 rings (SSSR count). The molecule has 0 saturated carbocycles. The van der Waals surface area contributed by atoms with E-state index >= 15 is 0 Å². The number of nitrogens with zero attached hydrogens (tertiary/aromatic N) is 4. The van der Waals surface area contributed by atoms with E-state index in [9.17, 15) is 40.1 Å². The summed E-state index contributed by atoms with van der Waals surface area (Å²) >= 11 is 1.14. The minimum atomic E-state index is -4.77. The number of halogens is 3. The quantitative estimate of drug-likeness (QED) is 0.170. The largest absolute Gasteiger partial charge is 0.573 e. The molecule has 2 N–H and O–H groups in total. The number of imidazole rings is 1. The van der Waals surface area contributed by atoms with Gasteiger partial charge in [0.05, 0.1) is 36.0 Å². The third kappa shape index (κ3) is 7.53. The molecule has 0 aliphatic heterocycles. The predicted molar refractivity (Wildman–Crippen MR) is 159 cm³/mol. The highest BCUT2D eigenvalue weighted by Gasteiger charge is 2.31. The Balaban J connectivity index is 0.000000249.